The van der Waals surface area contributed by atoms with Gasteiger partial charge in [-0.25, -0.2) is 19.4 Å². The maximum atomic E-state index is 11.6. The van der Waals surface area contributed by atoms with Crippen molar-refractivity contribution in [1.29, 1.82) is 5.26 Å². The van der Waals surface area contributed by atoms with Crippen molar-refractivity contribution in [2.24, 2.45) is 11.3 Å². The van der Waals surface area contributed by atoms with Crippen molar-refractivity contribution in [1.82, 2.24) is 35.1 Å². The highest BCUT2D eigenvalue weighted by molar-refractivity contribution is 7.16. The molecule has 0 saturated heterocycles. The van der Waals surface area contributed by atoms with E-state index in [9.17, 15) is 15.2 Å². The Balaban J connectivity index is 1.17. The molecule has 14 nitrogen and oxygen atoms in total. The molecule has 0 spiro atoms. The zero-order valence-electron chi connectivity index (χ0n) is 31.4. The maximum absolute atomic E-state index is 11.6. The molecule has 0 fully saturated rings. The quantitative estimate of drug-likeness (QED) is 0.0974. The number of nitrogen functional groups attached to an aromatic ring is 1. The van der Waals surface area contributed by atoms with Gasteiger partial charge in [0, 0.05) is 29.2 Å². The molecule has 280 valence electrons. The summed E-state index contributed by atoms with van der Waals surface area (Å²) in [4.78, 5) is 29.4. The molecular weight excluding hydrogens is 681 g/mol. The largest absolute Gasteiger partial charge is 0.480 e. The fraction of sp³-hybridized carbons (Fsp3) is 0.622. The molecule has 0 amide bonds. The summed E-state index contributed by atoms with van der Waals surface area (Å²) in [5.41, 5.74) is 7.75. The van der Waals surface area contributed by atoms with Gasteiger partial charge in [-0.15, -0.1) is 11.3 Å². The predicted molar refractivity (Wildman–Crippen MR) is 199 cm³/mol. The van der Waals surface area contributed by atoms with Crippen LogP contribution < -0.4 is 15.4 Å². The number of nitriles is 1. The van der Waals surface area contributed by atoms with E-state index >= 15 is 0 Å². The Morgan fingerprint density at radius 1 is 1.25 bits per heavy atom. The van der Waals surface area contributed by atoms with Crippen molar-refractivity contribution in [3.8, 4) is 23.5 Å². The summed E-state index contributed by atoms with van der Waals surface area (Å²) >= 11 is 1.48. The van der Waals surface area contributed by atoms with Gasteiger partial charge in [0.05, 0.1) is 23.8 Å². The van der Waals surface area contributed by atoms with Crippen molar-refractivity contribution in [3.63, 3.8) is 0 Å². The van der Waals surface area contributed by atoms with Gasteiger partial charge in [0.15, 0.2) is 6.04 Å². The number of nitrogens with zero attached hydrogens (tertiary/aromatic N) is 9. The summed E-state index contributed by atoms with van der Waals surface area (Å²) in [6, 6.07) is 3.56. The smallest absolute Gasteiger partial charge is 0.328 e. The Morgan fingerprint density at radius 2 is 2.04 bits per heavy atom. The molecule has 1 aliphatic rings. The first-order valence-electron chi connectivity index (χ1n) is 18.3. The number of aliphatic carboxylic acids is 1. The third-order valence-corrected chi connectivity index (χ3v) is 11.4. The molecule has 0 aliphatic heterocycles. The zero-order valence-corrected chi connectivity index (χ0v) is 32.2. The normalized spacial score (nSPS) is 17.1. The van der Waals surface area contributed by atoms with Crippen LogP contribution in [0.25, 0.3) is 11.5 Å². The number of hydrogen-bond acceptors (Lipinski definition) is 13. The van der Waals surface area contributed by atoms with Crippen LogP contribution in [0, 0.1) is 22.7 Å². The molecule has 0 saturated carbocycles. The predicted octanol–water partition coefficient (Wildman–Crippen LogP) is 7.22. The van der Waals surface area contributed by atoms with E-state index in [1.165, 1.54) is 16.0 Å². The summed E-state index contributed by atoms with van der Waals surface area (Å²) in [5, 5.41) is 32.2. The highest BCUT2D eigenvalue weighted by Gasteiger charge is 2.43. The fourth-order valence-corrected chi connectivity index (χ4v) is 8.17. The molecule has 15 heteroatoms. The first kappa shape index (κ1) is 38.6. The number of anilines is 2. The van der Waals surface area contributed by atoms with Gasteiger partial charge in [0.25, 0.3) is 5.88 Å². The molecule has 0 aromatic carbocycles. The van der Waals surface area contributed by atoms with E-state index in [2.05, 4.69) is 66.0 Å². The highest BCUT2D eigenvalue weighted by atomic mass is 32.1. The van der Waals surface area contributed by atoms with Gasteiger partial charge in [0.1, 0.15) is 16.8 Å². The van der Waals surface area contributed by atoms with E-state index in [-0.39, 0.29) is 17.4 Å². The lowest BCUT2D eigenvalue weighted by molar-refractivity contribution is -0.142. The van der Waals surface area contributed by atoms with Crippen LogP contribution in [0.15, 0.2) is 23.0 Å². The zero-order chi connectivity index (χ0) is 37.6. The molecule has 4 aromatic heterocycles. The minimum atomic E-state index is -0.939. The molecular formula is C37H52N10O4S. The number of ether oxygens (including phenoxy) is 1. The van der Waals surface area contributed by atoms with Crippen LogP contribution in [-0.4, -0.2) is 65.4 Å². The number of nitrogens with two attached hydrogens (primary N) is 1. The number of unbranched alkanes of at least 4 members (excludes halogenated alkanes) is 2. The summed E-state index contributed by atoms with van der Waals surface area (Å²) in [6.07, 6.45) is 11.8. The monoisotopic (exact) mass is 732 g/mol. The van der Waals surface area contributed by atoms with Crippen LogP contribution in [0.3, 0.4) is 0 Å². The first-order chi connectivity index (χ1) is 24.8. The Morgan fingerprint density at radius 3 is 2.75 bits per heavy atom. The molecule has 4 heterocycles. The summed E-state index contributed by atoms with van der Waals surface area (Å²) in [7, 11) is 0. The molecule has 0 radical (unpaired) electrons. The second-order valence-electron chi connectivity index (χ2n) is 15.2. The van der Waals surface area contributed by atoms with Crippen molar-refractivity contribution in [3.05, 3.63) is 40.4 Å². The Hall–Kier alpha value is -4.58. The standard InChI is InChI=1S/C37H52N10O4S/c1-8-24(4)46(19-17-36(5,6)15-10-9-11-20-50-28-22-47(45-43-28)30(23(2)3)33(48)49)35-40-18-14-26(41-35)32-42-34(51-44-32)37(7)16-12-13-27-29(37)25(21-38)31(39)52-27/h14,18,22-24,30H,8-13,15-17,19-20,39H2,1-7H3,(H,48,49)/t24-,30?,37-/m0/s1. The molecule has 1 aliphatic carbocycles. The number of carbonyl (C=O) groups is 1. The van der Waals surface area contributed by atoms with Crippen LogP contribution in [0.4, 0.5) is 10.9 Å². The van der Waals surface area contributed by atoms with Crippen molar-refractivity contribution in [2.75, 3.05) is 23.8 Å². The summed E-state index contributed by atoms with van der Waals surface area (Å²) in [5.74, 6) is 0.780. The number of carboxylic acids is 1. The van der Waals surface area contributed by atoms with E-state index in [0.29, 0.717) is 46.4 Å². The average Bonchev–Trinajstić information content (AvgIpc) is 3.86. The van der Waals surface area contributed by atoms with Crippen LogP contribution in [-0.2, 0) is 16.6 Å². The van der Waals surface area contributed by atoms with Gasteiger partial charge in [0.2, 0.25) is 17.7 Å². The van der Waals surface area contributed by atoms with E-state index < -0.39 is 17.4 Å². The van der Waals surface area contributed by atoms with Gasteiger partial charge in [-0.1, -0.05) is 62.9 Å². The molecule has 4 aromatic rings. The van der Waals surface area contributed by atoms with Crippen LogP contribution in [0.5, 0.6) is 5.88 Å². The second-order valence-corrected chi connectivity index (χ2v) is 16.3. The lowest BCUT2D eigenvalue weighted by Crippen LogP contribution is -2.37. The summed E-state index contributed by atoms with van der Waals surface area (Å²) < 4.78 is 13.0. The molecule has 3 atom stereocenters. The SMILES string of the molecule is CC[C@H](C)N(CCC(C)(C)CCCCCOc1cn(C(C(=O)O)C(C)C)nn1)c1nccc(-c2noc([C@@]3(C)CCCc4sc(N)c(C#N)c43)n2)n1. The third kappa shape index (κ3) is 8.54. The van der Waals surface area contributed by atoms with Gasteiger partial charge < -0.3 is 25.0 Å². The van der Waals surface area contributed by atoms with E-state index in [4.69, 9.17) is 25.0 Å². The minimum Gasteiger partial charge on any atom is -0.480 e. The first-order valence-corrected chi connectivity index (χ1v) is 19.1. The molecule has 1 unspecified atom stereocenters. The van der Waals surface area contributed by atoms with Crippen LogP contribution >= 0.6 is 11.3 Å². The Kier molecular flexibility index (Phi) is 12.2. The fourth-order valence-electron chi connectivity index (χ4n) is 6.98. The van der Waals surface area contributed by atoms with E-state index in [1.54, 1.807) is 18.5 Å². The van der Waals surface area contributed by atoms with E-state index in [1.807, 2.05) is 13.8 Å². The summed E-state index contributed by atoms with van der Waals surface area (Å²) in [6.45, 7) is 16.0. The third-order valence-electron chi connectivity index (χ3n) is 10.3. The molecule has 0 bridgehead atoms. The van der Waals surface area contributed by atoms with Crippen LogP contribution in [0.1, 0.15) is 128 Å². The number of rotatable bonds is 18. The number of fused-ring (bicyclic) bond motifs is 1. The van der Waals surface area contributed by atoms with Gasteiger partial charge in [-0.3, -0.25) is 0 Å². The number of hydrogen-bond donors (Lipinski definition) is 2. The van der Waals surface area contributed by atoms with Gasteiger partial charge >= 0.3 is 5.97 Å². The molecule has 5 rings (SSSR count). The molecule has 3 N–H and O–H groups in total. The lowest BCUT2D eigenvalue weighted by atomic mass is 9.72. The van der Waals surface area contributed by atoms with Gasteiger partial charge in [-0.05, 0) is 76.2 Å². The molecule has 52 heavy (non-hydrogen) atoms. The Labute approximate surface area is 309 Å². The minimum absolute atomic E-state index is 0.0970. The second kappa shape index (κ2) is 16.4. The number of thiophene rings is 1. The number of carboxylic acid groups (broad SMARTS) is 1. The van der Waals surface area contributed by atoms with Crippen molar-refractivity contribution in [2.45, 2.75) is 124 Å². The van der Waals surface area contributed by atoms with E-state index in [0.717, 1.165) is 74.8 Å². The highest BCUT2D eigenvalue weighted by Crippen LogP contribution is 2.48. The van der Waals surface area contributed by atoms with Crippen LogP contribution in [0.2, 0.25) is 0 Å². The Bertz CT molecular complexity index is 1860. The van der Waals surface area contributed by atoms with Gasteiger partial charge in [-0.2, -0.15) is 10.2 Å². The lowest BCUT2D eigenvalue weighted by Gasteiger charge is -2.33. The average molecular weight is 733 g/mol. The number of aryl methyl sites for hydroxylation is 1. The van der Waals surface area contributed by atoms with Crippen molar-refractivity contribution >= 4 is 28.3 Å². The number of aromatic nitrogens is 7. The van der Waals surface area contributed by atoms with Crippen molar-refractivity contribution < 1.29 is 19.2 Å². The topological polar surface area (TPSA) is 195 Å². The maximum Gasteiger partial charge on any atom is 0.328 e.